The summed E-state index contributed by atoms with van der Waals surface area (Å²) in [4.78, 5) is 13.3. The monoisotopic (exact) mass is 430 g/mol. The summed E-state index contributed by atoms with van der Waals surface area (Å²) in [6, 6.07) is 20.8. The van der Waals surface area contributed by atoms with E-state index in [0.717, 1.165) is 17.5 Å². The minimum Gasteiger partial charge on any atom is -0.506 e. The number of methoxy groups -OCH3 is 1. The number of nitrogens with zero attached hydrogens (tertiary/aromatic N) is 2. The van der Waals surface area contributed by atoms with Gasteiger partial charge in [-0.1, -0.05) is 42.5 Å². The van der Waals surface area contributed by atoms with Gasteiger partial charge in [-0.05, 0) is 36.1 Å². The third kappa shape index (κ3) is 3.17. The average molecular weight is 430 g/mol. The van der Waals surface area contributed by atoms with E-state index in [1.165, 1.54) is 19.4 Å². The molecule has 0 bridgehead atoms. The third-order valence-corrected chi connectivity index (χ3v) is 6.14. The number of aliphatic hydroxyl groups is 1. The Morgan fingerprint density at radius 3 is 2.53 bits per heavy atom. The molecule has 0 spiro atoms. The van der Waals surface area contributed by atoms with Crippen molar-refractivity contribution >= 4 is 6.47 Å². The molecule has 1 saturated carbocycles. The van der Waals surface area contributed by atoms with Crippen LogP contribution in [0.5, 0.6) is 11.5 Å². The van der Waals surface area contributed by atoms with Gasteiger partial charge in [0, 0.05) is 12.0 Å². The summed E-state index contributed by atoms with van der Waals surface area (Å²) in [6.07, 6.45) is 2.55. The van der Waals surface area contributed by atoms with Crippen LogP contribution in [0.4, 0.5) is 0 Å². The van der Waals surface area contributed by atoms with Crippen LogP contribution >= 0.6 is 0 Å². The van der Waals surface area contributed by atoms with Crippen molar-refractivity contribution in [3.63, 3.8) is 0 Å². The number of fused-ring (bicyclic) bond motifs is 3. The van der Waals surface area contributed by atoms with Crippen LogP contribution in [0.3, 0.4) is 0 Å². The van der Waals surface area contributed by atoms with Gasteiger partial charge < -0.3 is 19.7 Å². The fourth-order valence-corrected chi connectivity index (χ4v) is 4.85. The maximum absolute atomic E-state index is 11.9. The van der Waals surface area contributed by atoms with Crippen molar-refractivity contribution in [2.45, 2.75) is 30.0 Å². The second-order valence-electron chi connectivity index (χ2n) is 7.76. The summed E-state index contributed by atoms with van der Waals surface area (Å²) >= 11 is 0. The van der Waals surface area contributed by atoms with Gasteiger partial charge in [0.05, 0.1) is 24.9 Å². The van der Waals surface area contributed by atoms with E-state index in [0.29, 0.717) is 29.9 Å². The summed E-state index contributed by atoms with van der Waals surface area (Å²) in [5.41, 5.74) is 0.450. The number of hydrogen-bond donors (Lipinski definition) is 2. The van der Waals surface area contributed by atoms with E-state index in [-0.39, 0.29) is 11.7 Å². The molecule has 162 valence electrons. The van der Waals surface area contributed by atoms with E-state index in [2.05, 4.69) is 15.8 Å². The summed E-state index contributed by atoms with van der Waals surface area (Å²) in [5.74, 6) is 0.282. The number of benzene rings is 2. The normalized spacial score (nSPS) is 24.7. The number of ether oxygens (including phenoxy) is 2. The lowest BCUT2D eigenvalue weighted by Crippen LogP contribution is -2.48. The number of aromatic nitrogens is 1. The predicted molar refractivity (Wildman–Crippen MR) is 115 cm³/mol. The molecule has 0 amide bonds. The molecule has 1 aromatic heterocycles. The SMILES string of the molecule is COC=O.N#Cc1ccc(C23Oc4cc(O)cnc4C2(O)CCC3c2ccccc2)cc1. The minimum absolute atomic E-state index is 0.00596. The molecule has 2 aromatic carbocycles. The van der Waals surface area contributed by atoms with Crippen molar-refractivity contribution in [1.29, 1.82) is 5.26 Å². The van der Waals surface area contributed by atoms with Crippen molar-refractivity contribution in [1.82, 2.24) is 4.98 Å². The molecule has 2 aliphatic rings. The highest BCUT2D eigenvalue weighted by Gasteiger charge is 2.69. The smallest absolute Gasteiger partial charge is 0.292 e. The number of aromatic hydroxyl groups is 1. The van der Waals surface area contributed by atoms with Crippen LogP contribution in [0.25, 0.3) is 0 Å². The fourth-order valence-electron chi connectivity index (χ4n) is 4.85. The van der Waals surface area contributed by atoms with Gasteiger partial charge >= 0.3 is 0 Å². The van der Waals surface area contributed by atoms with Gasteiger partial charge in [-0.3, -0.25) is 9.78 Å². The largest absolute Gasteiger partial charge is 0.506 e. The Bertz CT molecular complexity index is 1160. The van der Waals surface area contributed by atoms with Crippen LogP contribution in [0.2, 0.25) is 0 Å². The topological polar surface area (TPSA) is 113 Å². The zero-order chi connectivity index (χ0) is 22.8. The van der Waals surface area contributed by atoms with E-state index in [1.807, 2.05) is 42.5 Å². The van der Waals surface area contributed by atoms with E-state index in [4.69, 9.17) is 14.8 Å². The molecule has 2 N–H and O–H groups in total. The Morgan fingerprint density at radius 2 is 1.91 bits per heavy atom. The highest BCUT2D eigenvalue weighted by molar-refractivity contribution is 5.52. The maximum atomic E-state index is 11.9. The lowest BCUT2D eigenvalue weighted by molar-refractivity contribution is -0.126. The Kier molecular flexibility index (Phi) is 5.56. The minimum atomic E-state index is -1.33. The zero-order valence-electron chi connectivity index (χ0n) is 17.4. The van der Waals surface area contributed by atoms with Crippen LogP contribution in [-0.2, 0) is 20.7 Å². The van der Waals surface area contributed by atoms with Gasteiger partial charge in [-0.15, -0.1) is 0 Å². The Balaban J connectivity index is 0.000000567. The van der Waals surface area contributed by atoms with Gasteiger partial charge in [0.15, 0.2) is 11.2 Å². The molecular weight excluding hydrogens is 408 g/mol. The van der Waals surface area contributed by atoms with Gasteiger partial charge in [0.25, 0.3) is 6.47 Å². The Hall–Kier alpha value is -3.89. The summed E-state index contributed by atoms with van der Waals surface area (Å²) in [6.45, 7) is 0.375. The number of carbonyl (C=O) groups is 1. The fraction of sp³-hybridized carbons (Fsp3) is 0.240. The van der Waals surface area contributed by atoms with Crippen molar-refractivity contribution in [3.8, 4) is 17.6 Å². The molecule has 32 heavy (non-hydrogen) atoms. The molecule has 0 radical (unpaired) electrons. The van der Waals surface area contributed by atoms with E-state index < -0.39 is 11.2 Å². The van der Waals surface area contributed by atoms with Crippen molar-refractivity contribution in [2.24, 2.45) is 0 Å². The van der Waals surface area contributed by atoms with Crippen LogP contribution in [0.15, 0.2) is 66.9 Å². The van der Waals surface area contributed by atoms with Gasteiger partial charge in [-0.25, -0.2) is 0 Å². The lowest BCUT2D eigenvalue weighted by atomic mass is 9.72. The lowest BCUT2D eigenvalue weighted by Gasteiger charge is -2.39. The Morgan fingerprint density at radius 1 is 1.22 bits per heavy atom. The van der Waals surface area contributed by atoms with Crippen LogP contribution in [0.1, 0.15) is 41.1 Å². The first-order valence-corrected chi connectivity index (χ1v) is 10.1. The van der Waals surface area contributed by atoms with Crippen LogP contribution in [0, 0.1) is 11.3 Å². The molecule has 7 heteroatoms. The van der Waals surface area contributed by atoms with Gasteiger partial charge in [-0.2, -0.15) is 5.26 Å². The summed E-state index contributed by atoms with van der Waals surface area (Å²) in [5, 5.41) is 31.0. The molecule has 0 saturated heterocycles. The summed E-state index contributed by atoms with van der Waals surface area (Å²) < 4.78 is 10.3. The van der Waals surface area contributed by atoms with Crippen LogP contribution < -0.4 is 4.74 Å². The molecule has 2 heterocycles. The molecule has 5 rings (SSSR count). The first kappa shape index (κ1) is 21.3. The first-order valence-electron chi connectivity index (χ1n) is 10.1. The second kappa shape index (κ2) is 8.33. The highest BCUT2D eigenvalue weighted by Crippen LogP contribution is 2.66. The first-order chi connectivity index (χ1) is 15.5. The van der Waals surface area contributed by atoms with Crippen molar-refractivity contribution in [3.05, 3.63) is 89.2 Å². The number of hydrogen-bond acceptors (Lipinski definition) is 7. The molecule has 1 fully saturated rings. The molecule has 1 aliphatic heterocycles. The van der Waals surface area contributed by atoms with Crippen molar-refractivity contribution < 1.29 is 24.5 Å². The van der Waals surface area contributed by atoms with E-state index in [1.54, 1.807) is 12.1 Å². The predicted octanol–water partition coefficient (Wildman–Crippen LogP) is 3.50. The number of rotatable bonds is 3. The number of pyridine rings is 1. The molecule has 3 atom stereocenters. The molecule has 3 aromatic rings. The van der Waals surface area contributed by atoms with Gasteiger partial charge in [0.1, 0.15) is 17.2 Å². The molecule has 7 nitrogen and oxygen atoms in total. The summed E-state index contributed by atoms with van der Waals surface area (Å²) in [7, 11) is 1.31. The standard InChI is InChI=1S/C23H18N2O3.C2H4O2/c24-13-15-6-8-17(9-7-15)23-19(16-4-2-1-3-5-16)10-11-22(23,27)21-20(28-23)12-18(26)14-25-21;1-4-2-3/h1-9,12,14,19,26-27H,10-11H2;2H,1H3. The number of carbonyl (C=O) groups excluding carboxylic acids is 1. The van der Waals surface area contributed by atoms with Crippen LogP contribution in [-0.4, -0.2) is 28.8 Å². The number of nitriles is 1. The highest BCUT2D eigenvalue weighted by atomic mass is 16.5. The molecule has 3 unspecified atom stereocenters. The van der Waals surface area contributed by atoms with Crippen molar-refractivity contribution in [2.75, 3.05) is 7.11 Å². The quantitative estimate of drug-likeness (QED) is 0.612. The van der Waals surface area contributed by atoms with E-state index >= 15 is 0 Å². The van der Waals surface area contributed by atoms with E-state index in [9.17, 15) is 10.2 Å². The average Bonchev–Trinajstić information content (AvgIpc) is 3.26. The zero-order valence-corrected chi connectivity index (χ0v) is 17.4. The molecular formula is C25H22N2O5. The molecule has 1 aliphatic carbocycles. The third-order valence-electron chi connectivity index (χ3n) is 6.14. The maximum Gasteiger partial charge on any atom is 0.292 e. The second-order valence-corrected chi connectivity index (χ2v) is 7.76. The Labute approximate surface area is 185 Å². The van der Waals surface area contributed by atoms with Gasteiger partial charge in [0.2, 0.25) is 0 Å².